The summed E-state index contributed by atoms with van der Waals surface area (Å²) >= 11 is 0. The molecule has 0 aliphatic heterocycles. The van der Waals surface area contributed by atoms with E-state index in [0.717, 1.165) is 44.6 Å². The van der Waals surface area contributed by atoms with Crippen molar-refractivity contribution >= 4 is 14.8 Å². The molecule has 0 saturated heterocycles. The van der Waals surface area contributed by atoms with Crippen LogP contribution >= 0.6 is 0 Å². The van der Waals surface area contributed by atoms with Gasteiger partial charge in [-0.2, -0.15) is 0 Å². The Bertz CT molecular complexity index is 237. The lowest BCUT2D eigenvalue weighted by atomic mass is 10.1. The molecule has 0 aliphatic rings. The summed E-state index contributed by atoms with van der Waals surface area (Å²) in [5.41, 5.74) is 0. The van der Waals surface area contributed by atoms with Crippen LogP contribution in [-0.4, -0.2) is 35.8 Å². The number of ether oxygens (including phenoxy) is 1. The van der Waals surface area contributed by atoms with E-state index in [9.17, 15) is 4.79 Å². The van der Waals surface area contributed by atoms with Crippen molar-refractivity contribution in [1.82, 2.24) is 0 Å². The molecule has 0 bridgehead atoms. The second kappa shape index (κ2) is 10.2. The zero-order valence-electron chi connectivity index (χ0n) is 10.8. The summed E-state index contributed by atoms with van der Waals surface area (Å²) in [6.07, 6.45) is 7.78. The van der Waals surface area contributed by atoms with Crippen molar-refractivity contribution in [2.75, 3.05) is 6.61 Å². The van der Waals surface area contributed by atoms with Crippen LogP contribution in [0.1, 0.15) is 44.9 Å². The van der Waals surface area contributed by atoms with Crippen molar-refractivity contribution in [1.29, 1.82) is 0 Å². The molecule has 0 atom stereocenters. The smallest absolute Gasteiger partial charge is 0.463 e. The number of esters is 1. The molecule has 0 saturated carbocycles. The van der Waals surface area contributed by atoms with E-state index < -0.39 is 8.80 Å². The molecule has 6 heteroatoms. The van der Waals surface area contributed by atoms with Crippen LogP contribution in [-0.2, 0) is 9.53 Å². The van der Waals surface area contributed by atoms with E-state index in [1.807, 2.05) is 0 Å². The van der Waals surface area contributed by atoms with Gasteiger partial charge < -0.3 is 19.1 Å². The van der Waals surface area contributed by atoms with Gasteiger partial charge in [0.25, 0.3) is 0 Å². The third-order valence-electron chi connectivity index (χ3n) is 2.57. The first-order valence-electron chi connectivity index (χ1n) is 6.42. The van der Waals surface area contributed by atoms with Gasteiger partial charge in [-0.25, -0.2) is 4.79 Å². The summed E-state index contributed by atoms with van der Waals surface area (Å²) < 4.78 is 4.84. The van der Waals surface area contributed by atoms with Crippen LogP contribution in [0.5, 0.6) is 0 Å². The third kappa shape index (κ3) is 13.4. The largest absolute Gasteiger partial charge is 0.492 e. The van der Waals surface area contributed by atoms with Crippen molar-refractivity contribution < 1.29 is 23.9 Å². The highest BCUT2D eigenvalue weighted by Crippen LogP contribution is 2.11. The fourth-order valence-electron chi connectivity index (χ4n) is 1.58. The maximum Gasteiger partial charge on any atom is 0.492 e. The minimum Gasteiger partial charge on any atom is -0.463 e. The van der Waals surface area contributed by atoms with Crippen molar-refractivity contribution in [2.24, 2.45) is 0 Å². The van der Waals surface area contributed by atoms with E-state index in [1.165, 1.54) is 0 Å². The van der Waals surface area contributed by atoms with Gasteiger partial charge in [0.05, 0.1) is 6.61 Å². The Morgan fingerprint density at radius 2 is 1.50 bits per heavy atom. The first-order chi connectivity index (χ1) is 8.45. The predicted molar refractivity (Wildman–Crippen MR) is 70.7 cm³/mol. The van der Waals surface area contributed by atoms with Gasteiger partial charge in [-0.3, -0.25) is 0 Å². The average molecular weight is 276 g/mol. The highest BCUT2D eigenvalue weighted by Gasteiger charge is 2.25. The lowest BCUT2D eigenvalue weighted by molar-refractivity contribution is -0.137. The minimum absolute atomic E-state index is 0.129. The summed E-state index contributed by atoms with van der Waals surface area (Å²) in [5.74, 6) is -0.375. The topological polar surface area (TPSA) is 87.0 Å². The molecule has 0 spiro atoms. The monoisotopic (exact) mass is 276 g/mol. The first kappa shape index (κ1) is 17.3. The maximum atomic E-state index is 10.7. The molecule has 0 heterocycles. The van der Waals surface area contributed by atoms with Crippen molar-refractivity contribution in [3.05, 3.63) is 12.7 Å². The summed E-state index contributed by atoms with van der Waals surface area (Å²) in [6.45, 7) is 3.75. The number of rotatable bonds is 11. The van der Waals surface area contributed by atoms with E-state index in [1.54, 1.807) is 0 Å². The molecule has 5 nitrogen and oxygen atoms in total. The predicted octanol–water partition coefficient (Wildman–Crippen LogP) is 1.36. The fraction of sp³-hybridized carbons (Fsp3) is 0.750. The summed E-state index contributed by atoms with van der Waals surface area (Å²) in [5, 5.41) is 0. The van der Waals surface area contributed by atoms with Gasteiger partial charge in [0, 0.05) is 12.1 Å². The van der Waals surface area contributed by atoms with Crippen LogP contribution in [0.4, 0.5) is 0 Å². The molecular formula is C12H24O5Si. The van der Waals surface area contributed by atoms with Crippen molar-refractivity contribution in [3.63, 3.8) is 0 Å². The van der Waals surface area contributed by atoms with Crippen LogP contribution in [0, 0.1) is 0 Å². The standard InChI is InChI=1S/C12H24O5Si/c1-2-12(13)17-10-8-6-4-3-5-7-9-11-18(14,15)16/h2,14-16H,1,3-11H2. The molecule has 0 fully saturated rings. The Balaban J connectivity index is 3.12. The molecule has 0 radical (unpaired) electrons. The van der Waals surface area contributed by atoms with Crippen LogP contribution in [0.2, 0.25) is 6.04 Å². The molecule has 106 valence electrons. The zero-order chi connectivity index (χ0) is 13.9. The Labute approximate surface area is 109 Å². The quantitative estimate of drug-likeness (QED) is 0.229. The lowest BCUT2D eigenvalue weighted by Gasteiger charge is -2.08. The van der Waals surface area contributed by atoms with E-state index >= 15 is 0 Å². The molecule has 0 aliphatic carbocycles. The van der Waals surface area contributed by atoms with E-state index in [2.05, 4.69) is 6.58 Å². The molecule has 0 amide bonds. The second-order valence-electron chi connectivity index (χ2n) is 4.37. The molecule has 0 rings (SSSR count). The third-order valence-corrected chi connectivity index (χ3v) is 3.59. The van der Waals surface area contributed by atoms with Crippen molar-refractivity contribution in [2.45, 2.75) is 51.0 Å². The Hall–Kier alpha value is -0.693. The molecule has 3 N–H and O–H groups in total. The van der Waals surface area contributed by atoms with Crippen molar-refractivity contribution in [3.8, 4) is 0 Å². The van der Waals surface area contributed by atoms with Gasteiger partial charge in [0.1, 0.15) is 0 Å². The van der Waals surface area contributed by atoms with Gasteiger partial charge in [-0.15, -0.1) is 0 Å². The molecule has 0 unspecified atom stereocenters. The minimum atomic E-state index is -3.81. The van der Waals surface area contributed by atoms with Crippen LogP contribution < -0.4 is 0 Å². The second-order valence-corrected chi connectivity index (χ2v) is 6.42. The Morgan fingerprint density at radius 3 is 2.00 bits per heavy atom. The zero-order valence-corrected chi connectivity index (χ0v) is 11.8. The number of unbranched alkanes of at least 4 members (excludes halogenated alkanes) is 6. The molecule has 0 aromatic carbocycles. The number of hydrogen-bond acceptors (Lipinski definition) is 5. The van der Waals surface area contributed by atoms with Crippen LogP contribution in [0.15, 0.2) is 12.7 Å². The molecule has 0 aromatic rings. The van der Waals surface area contributed by atoms with E-state index in [0.29, 0.717) is 13.0 Å². The number of carbonyl (C=O) groups is 1. The molecular weight excluding hydrogens is 252 g/mol. The van der Waals surface area contributed by atoms with Crippen LogP contribution in [0.3, 0.4) is 0 Å². The maximum absolute atomic E-state index is 10.7. The highest BCUT2D eigenvalue weighted by molar-refractivity contribution is 6.56. The Morgan fingerprint density at radius 1 is 1.00 bits per heavy atom. The van der Waals surface area contributed by atoms with Crippen LogP contribution in [0.25, 0.3) is 0 Å². The van der Waals surface area contributed by atoms with E-state index in [4.69, 9.17) is 19.1 Å². The summed E-state index contributed by atoms with van der Waals surface area (Å²) in [6, 6.07) is 0.129. The van der Waals surface area contributed by atoms with Gasteiger partial charge in [0.2, 0.25) is 0 Å². The number of carbonyl (C=O) groups excluding carboxylic acids is 1. The normalized spacial score (nSPS) is 11.3. The lowest BCUT2D eigenvalue weighted by Crippen LogP contribution is -2.33. The van der Waals surface area contributed by atoms with Gasteiger partial charge in [-0.1, -0.05) is 38.7 Å². The average Bonchev–Trinajstić information content (AvgIpc) is 2.29. The molecule has 18 heavy (non-hydrogen) atoms. The van der Waals surface area contributed by atoms with Gasteiger partial charge in [-0.05, 0) is 12.8 Å². The van der Waals surface area contributed by atoms with Gasteiger partial charge in [0.15, 0.2) is 0 Å². The summed E-state index contributed by atoms with van der Waals surface area (Å²) in [4.78, 5) is 37.1. The van der Waals surface area contributed by atoms with E-state index in [-0.39, 0.29) is 12.0 Å². The SMILES string of the molecule is C=CC(=O)OCCCCCCCCC[Si](O)(O)O. The van der Waals surface area contributed by atoms with Gasteiger partial charge >= 0.3 is 14.8 Å². The summed E-state index contributed by atoms with van der Waals surface area (Å²) in [7, 11) is -3.81. The number of hydrogen-bond donors (Lipinski definition) is 3. The first-order valence-corrected chi connectivity index (χ1v) is 8.47. The Kier molecular flexibility index (Phi) is 9.86. The highest BCUT2D eigenvalue weighted by atomic mass is 28.4. The molecule has 0 aromatic heterocycles. The fourth-order valence-corrected chi connectivity index (χ4v) is 2.30.